The lowest BCUT2D eigenvalue weighted by atomic mass is 10.2. The number of guanidine groups is 1. The third-order valence-corrected chi connectivity index (χ3v) is 6.07. The molecule has 0 atom stereocenters. The summed E-state index contributed by atoms with van der Waals surface area (Å²) in [6, 6.07) is 8.49. The number of benzene rings is 1. The molecule has 0 amide bonds. The molecular formula is C16H22Cl2IN5O2S. The number of aliphatic imine (C=N–C) groups is 1. The number of sulfonamides is 1. The Morgan fingerprint density at radius 1 is 1.19 bits per heavy atom. The normalized spacial score (nSPS) is 11.8. The SMILES string of the molecule is CN=C(NCc1cccc(S(=O)(=O)NC)c1)NCc1cc(Cl)c(Cl)n1C.I. The van der Waals surface area contributed by atoms with Crippen LogP contribution in [0.5, 0.6) is 0 Å². The first-order valence-electron chi connectivity index (χ1n) is 7.75. The largest absolute Gasteiger partial charge is 0.352 e. The van der Waals surface area contributed by atoms with E-state index in [-0.39, 0.29) is 28.9 Å². The van der Waals surface area contributed by atoms with E-state index in [1.165, 1.54) is 7.05 Å². The minimum Gasteiger partial charge on any atom is -0.352 e. The molecule has 0 bridgehead atoms. The summed E-state index contributed by atoms with van der Waals surface area (Å²) in [5, 5.41) is 7.28. The van der Waals surface area contributed by atoms with Crippen molar-refractivity contribution in [1.82, 2.24) is 19.9 Å². The topological polar surface area (TPSA) is 87.5 Å². The summed E-state index contributed by atoms with van der Waals surface area (Å²) in [5.41, 5.74) is 1.72. The fourth-order valence-electron chi connectivity index (χ4n) is 2.28. The van der Waals surface area contributed by atoms with E-state index < -0.39 is 10.0 Å². The molecule has 11 heteroatoms. The molecule has 0 saturated carbocycles. The number of halogens is 3. The van der Waals surface area contributed by atoms with E-state index in [1.807, 2.05) is 13.1 Å². The number of rotatable bonds is 6. The third kappa shape index (κ3) is 6.24. The van der Waals surface area contributed by atoms with Gasteiger partial charge in [0.2, 0.25) is 10.0 Å². The van der Waals surface area contributed by atoms with Crippen LogP contribution in [-0.2, 0) is 30.2 Å². The minimum atomic E-state index is -3.47. The molecule has 0 aliphatic heterocycles. The van der Waals surface area contributed by atoms with Crippen LogP contribution < -0.4 is 15.4 Å². The average Bonchev–Trinajstić information content (AvgIpc) is 2.89. The zero-order valence-electron chi connectivity index (χ0n) is 15.1. The zero-order valence-corrected chi connectivity index (χ0v) is 19.7. The van der Waals surface area contributed by atoms with Crippen LogP contribution >= 0.6 is 47.2 Å². The quantitative estimate of drug-likeness (QED) is 0.296. The molecule has 2 rings (SSSR count). The second-order valence-electron chi connectivity index (χ2n) is 5.47. The van der Waals surface area contributed by atoms with Crippen molar-refractivity contribution in [3.8, 4) is 0 Å². The summed E-state index contributed by atoms with van der Waals surface area (Å²) in [6.45, 7) is 0.901. The van der Waals surface area contributed by atoms with Crippen LogP contribution in [0.3, 0.4) is 0 Å². The summed E-state index contributed by atoms with van der Waals surface area (Å²) in [4.78, 5) is 4.37. The van der Waals surface area contributed by atoms with Gasteiger partial charge in [0.05, 0.1) is 16.5 Å². The van der Waals surface area contributed by atoms with Crippen LogP contribution in [0.4, 0.5) is 0 Å². The monoisotopic (exact) mass is 545 g/mol. The van der Waals surface area contributed by atoms with Crippen LogP contribution in [0.2, 0.25) is 10.2 Å². The maximum atomic E-state index is 11.9. The van der Waals surface area contributed by atoms with Gasteiger partial charge in [0.1, 0.15) is 5.15 Å². The second-order valence-corrected chi connectivity index (χ2v) is 8.12. The molecule has 150 valence electrons. The van der Waals surface area contributed by atoms with Crippen LogP contribution in [0, 0.1) is 0 Å². The van der Waals surface area contributed by atoms with E-state index >= 15 is 0 Å². The molecule has 0 fully saturated rings. The molecule has 2 aromatic rings. The maximum absolute atomic E-state index is 11.9. The molecule has 1 aromatic carbocycles. The molecule has 0 spiro atoms. The Morgan fingerprint density at radius 2 is 1.85 bits per heavy atom. The highest BCUT2D eigenvalue weighted by Crippen LogP contribution is 2.24. The van der Waals surface area contributed by atoms with E-state index in [0.29, 0.717) is 29.2 Å². The van der Waals surface area contributed by atoms with Crippen molar-refractivity contribution in [1.29, 1.82) is 0 Å². The number of hydrogen-bond acceptors (Lipinski definition) is 3. The Bertz CT molecular complexity index is 916. The van der Waals surface area contributed by atoms with E-state index in [9.17, 15) is 8.42 Å². The van der Waals surface area contributed by atoms with Gasteiger partial charge in [0, 0.05) is 26.3 Å². The summed E-state index contributed by atoms with van der Waals surface area (Å²) in [6.07, 6.45) is 0. The van der Waals surface area contributed by atoms with Gasteiger partial charge in [-0.15, -0.1) is 24.0 Å². The fourth-order valence-corrected chi connectivity index (χ4v) is 3.50. The summed E-state index contributed by atoms with van der Waals surface area (Å²) in [7, 11) is 1.40. The van der Waals surface area contributed by atoms with Gasteiger partial charge in [-0.25, -0.2) is 13.1 Å². The van der Waals surface area contributed by atoms with Gasteiger partial charge >= 0.3 is 0 Å². The first-order valence-corrected chi connectivity index (χ1v) is 9.99. The van der Waals surface area contributed by atoms with Gasteiger partial charge < -0.3 is 15.2 Å². The van der Waals surface area contributed by atoms with Gasteiger partial charge in [-0.2, -0.15) is 0 Å². The van der Waals surface area contributed by atoms with E-state index in [1.54, 1.807) is 35.9 Å². The summed E-state index contributed by atoms with van der Waals surface area (Å²) >= 11 is 12.1. The van der Waals surface area contributed by atoms with Crippen LogP contribution in [0.25, 0.3) is 0 Å². The first kappa shape index (κ1) is 24.0. The van der Waals surface area contributed by atoms with Crippen molar-refractivity contribution in [2.45, 2.75) is 18.0 Å². The van der Waals surface area contributed by atoms with Crippen molar-refractivity contribution in [2.75, 3.05) is 14.1 Å². The Morgan fingerprint density at radius 3 is 2.41 bits per heavy atom. The van der Waals surface area contributed by atoms with Gasteiger partial charge in [-0.1, -0.05) is 35.3 Å². The molecule has 0 saturated heterocycles. The predicted molar refractivity (Wildman–Crippen MR) is 121 cm³/mol. The van der Waals surface area contributed by atoms with Crippen molar-refractivity contribution in [3.63, 3.8) is 0 Å². The summed E-state index contributed by atoms with van der Waals surface area (Å²) < 4.78 is 27.8. The molecule has 7 nitrogen and oxygen atoms in total. The van der Waals surface area contributed by atoms with E-state index in [0.717, 1.165) is 11.3 Å². The van der Waals surface area contributed by atoms with Crippen molar-refractivity contribution in [3.05, 3.63) is 51.8 Å². The maximum Gasteiger partial charge on any atom is 0.240 e. The van der Waals surface area contributed by atoms with Crippen LogP contribution in [0.15, 0.2) is 40.2 Å². The predicted octanol–water partition coefficient (Wildman–Crippen LogP) is 2.72. The van der Waals surface area contributed by atoms with Crippen LogP contribution in [0.1, 0.15) is 11.3 Å². The van der Waals surface area contributed by atoms with Crippen molar-refractivity contribution < 1.29 is 8.42 Å². The molecule has 0 aliphatic carbocycles. The van der Waals surface area contributed by atoms with E-state index in [2.05, 4.69) is 20.3 Å². The standard InChI is InChI=1S/C16H21Cl2N5O2S.HI/c1-19-16(22-10-12-8-14(17)15(18)23(12)3)21-9-11-5-4-6-13(7-11)26(24,25)20-2;/h4-8,20H,9-10H2,1-3H3,(H2,19,21,22);1H. The lowest BCUT2D eigenvalue weighted by Crippen LogP contribution is -2.36. The van der Waals surface area contributed by atoms with Crippen molar-refractivity contribution in [2.24, 2.45) is 12.0 Å². The number of nitrogens with zero attached hydrogens (tertiary/aromatic N) is 2. The molecule has 1 aromatic heterocycles. The summed E-state index contributed by atoms with van der Waals surface area (Å²) in [5.74, 6) is 0.570. The number of hydrogen-bond donors (Lipinski definition) is 3. The van der Waals surface area contributed by atoms with Crippen molar-refractivity contribution >= 4 is 63.2 Å². The lowest BCUT2D eigenvalue weighted by molar-refractivity contribution is 0.588. The molecule has 0 aliphatic rings. The number of nitrogens with one attached hydrogen (secondary N) is 3. The minimum absolute atomic E-state index is 0. The lowest BCUT2D eigenvalue weighted by Gasteiger charge is -2.13. The zero-order chi connectivity index (χ0) is 19.3. The number of aromatic nitrogens is 1. The smallest absolute Gasteiger partial charge is 0.240 e. The highest BCUT2D eigenvalue weighted by Gasteiger charge is 2.12. The highest BCUT2D eigenvalue weighted by molar-refractivity contribution is 14.0. The molecule has 3 N–H and O–H groups in total. The molecule has 27 heavy (non-hydrogen) atoms. The second kappa shape index (κ2) is 10.5. The molecule has 0 radical (unpaired) electrons. The highest BCUT2D eigenvalue weighted by atomic mass is 127. The molecule has 0 unspecified atom stereocenters. The molecular weight excluding hydrogens is 524 g/mol. The Hall–Kier alpha value is -1.01. The van der Waals surface area contributed by atoms with Gasteiger partial charge in [-0.3, -0.25) is 4.99 Å². The first-order chi connectivity index (χ1) is 12.3. The van der Waals surface area contributed by atoms with Crippen LogP contribution in [-0.4, -0.2) is 33.0 Å². The molecule has 1 heterocycles. The third-order valence-electron chi connectivity index (χ3n) is 3.81. The average molecular weight is 546 g/mol. The van der Waals surface area contributed by atoms with Gasteiger partial charge in [0.25, 0.3) is 0 Å². The van der Waals surface area contributed by atoms with E-state index in [4.69, 9.17) is 23.2 Å². The Kier molecular flexibility index (Phi) is 9.35. The van der Waals surface area contributed by atoms with Gasteiger partial charge in [-0.05, 0) is 30.8 Å². The Labute approximate surface area is 186 Å². The Balaban J connectivity index is 0.00000364. The van der Waals surface area contributed by atoms with Gasteiger partial charge in [0.15, 0.2) is 5.96 Å². The fraction of sp³-hybridized carbons (Fsp3) is 0.312.